The van der Waals surface area contributed by atoms with Crippen LogP contribution in [0.4, 0.5) is 10.1 Å². The summed E-state index contributed by atoms with van der Waals surface area (Å²) in [5, 5.41) is 0.576. The Hall–Kier alpha value is -0.660. The van der Waals surface area contributed by atoms with Crippen LogP contribution in [-0.4, -0.2) is 45.2 Å². The van der Waals surface area contributed by atoms with Gasteiger partial charge in [0.25, 0.3) is 0 Å². The second kappa shape index (κ2) is 5.76. The van der Waals surface area contributed by atoms with Gasteiger partial charge in [-0.25, -0.2) is 12.8 Å². The van der Waals surface area contributed by atoms with Crippen molar-refractivity contribution in [1.82, 2.24) is 4.31 Å². The fourth-order valence-corrected chi connectivity index (χ4v) is 3.51. The number of benzene rings is 1. The highest BCUT2D eigenvalue weighted by Gasteiger charge is 2.24. The first-order chi connectivity index (χ1) is 8.91. The zero-order valence-corrected chi connectivity index (χ0v) is 13.0. The van der Waals surface area contributed by atoms with E-state index in [9.17, 15) is 12.8 Å². The Morgan fingerprint density at radius 1 is 1.26 bits per heavy atom. The minimum Gasteiger partial charge on any atom is -0.369 e. The maximum absolute atomic E-state index is 13.2. The van der Waals surface area contributed by atoms with Crippen LogP contribution in [0.3, 0.4) is 0 Å². The first kappa shape index (κ1) is 14.7. The maximum Gasteiger partial charge on any atom is 0.211 e. The predicted octanol–water partition coefficient (Wildman–Crippen LogP) is 1.80. The number of halogens is 2. The van der Waals surface area contributed by atoms with E-state index in [1.165, 1.54) is 22.7 Å². The second-order valence-corrected chi connectivity index (χ2v) is 7.10. The maximum atomic E-state index is 13.2. The van der Waals surface area contributed by atoms with Crippen molar-refractivity contribution in [3.8, 4) is 0 Å². The molecule has 1 heterocycles. The van der Waals surface area contributed by atoms with E-state index >= 15 is 0 Å². The van der Waals surface area contributed by atoms with Crippen molar-refractivity contribution < 1.29 is 12.8 Å². The highest BCUT2D eigenvalue weighted by molar-refractivity contribution is 9.08. The Labute approximate surface area is 121 Å². The number of rotatable bonds is 3. The van der Waals surface area contributed by atoms with E-state index in [4.69, 9.17) is 0 Å². The van der Waals surface area contributed by atoms with E-state index in [1.54, 1.807) is 6.07 Å². The lowest BCUT2D eigenvalue weighted by molar-refractivity contribution is 0.388. The predicted molar refractivity (Wildman–Crippen MR) is 77.7 cm³/mol. The highest BCUT2D eigenvalue weighted by Crippen LogP contribution is 2.25. The van der Waals surface area contributed by atoms with E-state index < -0.39 is 10.0 Å². The lowest BCUT2D eigenvalue weighted by atomic mass is 10.1. The first-order valence-corrected chi connectivity index (χ1v) is 8.93. The van der Waals surface area contributed by atoms with Crippen LogP contribution in [0.2, 0.25) is 0 Å². The summed E-state index contributed by atoms with van der Waals surface area (Å²) < 4.78 is 37.6. The minimum absolute atomic E-state index is 0.257. The lowest BCUT2D eigenvalue weighted by Crippen LogP contribution is -2.48. The van der Waals surface area contributed by atoms with Crippen molar-refractivity contribution in [3.63, 3.8) is 0 Å². The van der Waals surface area contributed by atoms with Crippen molar-refractivity contribution in [2.75, 3.05) is 37.3 Å². The Morgan fingerprint density at radius 3 is 2.42 bits per heavy atom. The van der Waals surface area contributed by atoms with Gasteiger partial charge in [0.05, 0.1) is 6.26 Å². The molecule has 0 aromatic heterocycles. The van der Waals surface area contributed by atoms with Gasteiger partial charge in [0.2, 0.25) is 10.0 Å². The summed E-state index contributed by atoms with van der Waals surface area (Å²) >= 11 is 3.35. The van der Waals surface area contributed by atoms with E-state index in [0.29, 0.717) is 31.5 Å². The molecule has 106 valence electrons. The second-order valence-electron chi connectivity index (χ2n) is 4.56. The number of sulfonamides is 1. The molecule has 1 aliphatic heterocycles. The third-order valence-corrected chi connectivity index (χ3v) is 5.14. The van der Waals surface area contributed by atoms with Crippen LogP contribution in [-0.2, 0) is 15.4 Å². The Morgan fingerprint density at radius 2 is 1.89 bits per heavy atom. The van der Waals surface area contributed by atoms with Gasteiger partial charge in [0.1, 0.15) is 5.82 Å². The molecule has 0 amide bonds. The third-order valence-electron chi connectivity index (χ3n) is 3.23. The molecule has 1 aromatic rings. The van der Waals surface area contributed by atoms with Gasteiger partial charge in [0.15, 0.2) is 0 Å². The normalized spacial score (nSPS) is 17.7. The van der Waals surface area contributed by atoms with Gasteiger partial charge < -0.3 is 4.90 Å². The van der Waals surface area contributed by atoms with Crippen molar-refractivity contribution in [2.24, 2.45) is 0 Å². The summed E-state index contributed by atoms with van der Waals surface area (Å²) in [6.45, 7) is 2.19. The summed E-state index contributed by atoms with van der Waals surface area (Å²) in [5.74, 6) is -0.257. The van der Waals surface area contributed by atoms with Gasteiger partial charge in [-0.15, -0.1) is 0 Å². The topological polar surface area (TPSA) is 40.6 Å². The van der Waals surface area contributed by atoms with E-state index in [0.717, 1.165) is 11.3 Å². The number of hydrogen-bond acceptors (Lipinski definition) is 3. The highest BCUT2D eigenvalue weighted by atomic mass is 79.9. The smallest absolute Gasteiger partial charge is 0.211 e. The van der Waals surface area contributed by atoms with Gasteiger partial charge in [0, 0.05) is 37.2 Å². The fraction of sp³-hybridized carbons (Fsp3) is 0.500. The molecule has 1 aromatic carbocycles. The molecule has 0 unspecified atom stereocenters. The Kier molecular flexibility index (Phi) is 4.47. The van der Waals surface area contributed by atoms with Gasteiger partial charge in [-0.2, -0.15) is 4.31 Å². The third kappa shape index (κ3) is 3.46. The summed E-state index contributed by atoms with van der Waals surface area (Å²) in [6.07, 6.45) is 1.23. The molecule has 2 rings (SSSR count). The fourth-order valence-electron chi connectivity index (χ4n) is 2.23. The molecule has 0 saturated carbocycles. The van der Waals surface area contributed by atoms with Gasteiger partial charge in [-0.3, -0.25) is 0 Å². The average Bonchev–Trinajstić information content (AvgIpc) is 2.37. The summed E-state index contributed by atoms with van der Waals surface area (Å²) in [4.78, 5) is 2.09. The van der Waals surface area contributed by atoms with Crippen molar-refractivity contribution in [3.05, 3.63) is 29.6 Å². The van der Waals surface area contributed by atoms with Crippen molar-refractivity contribution in [2.45, 2.75) is 5.33 Å². The SMILES string of the molecule is CS(=O)(=O)N1CCN(c2ccc(F)cc2CBr)CC1. The van der Waals surface area contributed by atoms with E-state index in [1.807, 2.05) is 0 Å². The van der Waals surface area contributed by atoms with Crippen LogP contribution < -0.4 is 4.90 Å². The average molecular weight is 351 g/mol. The molecule has 0 radical (unpaired) electrons. The first-order valence-electron chi connectivity index (χ1n) is 5.96. The van der Waals surface area contributed by atoms with Crippen LogP contribution in [0.25, 0.3) is 0 Å². The Bertz CT molecular complexity index is 557. The molecule has 0 atom stereocenters. The molecule has 0 N–H and O–H groups in total. The van der Waals surface area contributed by atoms with E-state index in [2.05, 4.69) is 20.8 Å². The lowest BCUT2D eigenvalue weighted by Gasteiger charge is -2.35. The Balaban J connectivity index is 2.14. The number of alkyl halides is 1. The molecular formula is C12H16BrFN2O2S. The van der Waals surface area contributed by atoms with Gasteiger partial charge >= 0.3 is 0 Å². The van der Waals surface area contributed by atoms with Crippen LogP contribution >= 0.6 is 15.9 Å². The van der Waals surface area contributed by atoms with Crippen LogP contribution in [0.15, 0.2) is 18.2 Å². The van der Waals surface area contributed by atoms with Crippen LogP contribution in [0.5, 0.6) is 0 Å². The number of piperazine rings is 1. The minimum atomic E-state index is -3.12. The number of hydrogen-bond donors (Lipinski definition) is 0. The standard InChI is InChI=1S/C12H16BrFN2O2S/c1-19(17,18)16-6-4-15(5-7-16)12-3-2-11(14)8-10(12)9-13/h2-3,8H,4-7,9H2,1H3. The van der Waals surface area contributed by atoms with Crippen LogP contribution in [0.1, 0.15) is 5.56 Å². The van der Waals surface area contributed by atoms with Crippen molar-refractivity contribution in [1.29, 1.82) is 0 Å². The summed E-state index contributed by atoms with van der Waals surface area (Å²) in [6, 6.07) is 4.69. The quantitative estimate of drug-likeness (QED) is 0.780. The summed E-state index contributed by atoms with van der Waals surface area (Å²) in [7, 11) is -3.12. The molecule has 1 saturated heterocycles. The van der Waals surface area contributed by atoms with Gasteiger partial charge in [-0.1, -0.05) is 15.9 Å². The molecule has 0 spiro atoms. The molecule has 19 heavy (non-hydrogen) atoms. The van der Waals surface area contributed by atoms with E-state index in [-0.39, 0.29) is 5.82 Å². The molecule has 4 nitrogen and oxygen atoms in total. The molecule has 1 fully saturated rings. The zero-order chi connectivity index (χ0) is 14.0. The molecule has 1 aliphatic rings. The van der Waals surface area contributed by atoms with Gasteiger partial charge in [-0.05, 0) is 23.8 Å². The van der Waals surface area contributed by atoms with Crippen molar-refractivity contribution >= 4 is 31.6 Å². The monoisotopic (exact) mass is 350 g/mol. The molecular weight excluding hydrogens is 335 g/mol. The van der Waals surface area contributed by atoms with Crippen LogP contribution in [0, 0.1) is 5.82 Å². The molecule has 0 aliphatic carbocycles. The zero-order valence-electron chi connectivity index (χ0n) is 10.6. The largest absolute Gasteiger partial charge is 0.369 e. The number of nitrogens with zero attached hydrogens (tertiary/aromatic N) is 2. The summed E-state index contributed by atoms with van der Waals surface area (Å²) in [5.41, 5.74) is 1.85. The molecule has 7 heteroatoms. The number of anilines is 1. The molecule has 0 bridgehead atoms.